The van der Waals surface area contributed by atoms with E-state index in [1.807, 2.05) is 6.07 Å². The Labute approximate surface area is 190 Å². The number of carbonyl (C=O) groups excluding carboxylic acids is 3. The highest BCUT2D eigenvalue weighted by Gasteiger charge is 2.35. The molecule has 0 heterocycles. The average molecular weight is 479 g/mol. The van der Waals surface area contributed by atoms with E-state index in [-0.39, 0.29) is 24.2 Å². The third-order valence-corrected chi connectivity index (χ3v) is 6.70. The quantitative estimate of drug-likeness (QED) is 0.266. The van der Waals surface area contributed by atoms with Gasteiger partial charge in [-0.05, 0) is 18.1 Å². The molecule has 0 aliphatic heterocycles. The van der Waals surface area contributed by atoms with E-state index in [0.29, 0.717) is 0 Å². The lowest BCUT2D eigenvalue weighted by molar-refractivity contribution is -0.143. The van der Waals surface area contributed by atoms with Crippen molar-refractivity contribution in [3.8, 4) is 0 Å². The number of aliphatic hydroxyl groups excluding tert-OH is 1. The molecule has 0 aliphatic rings. The largest absolute Gasteiger partial charge is 0.467 e. The highest BCUT2D eigenvalue weighted by Crippen LogP contribution is 2.55. The fourth-order valence-electron chi connectivity index (χ4n) is 2.97. The molecule has 0 aliphatic carbocycles. The Morgan fingerprint density at radius 2 is 1.64 bits per heavy atom. The van der Waals surface area contributed by atoms with Gasteiger partial charge in [0.05, 0.1) is 19.8 Å². The van der Waals surface area contributed by atoms with Crippen molar-refractivity contribution in [2.24, 2.45) is 0 Å². The highest BCUT2D eigenvalue weighted by atomic mass is 31.2. The van der Waals surface area contributed by atoms with E-state index in [4.69, 9.17) is 4.74 Å². The van der Waals surface area contributed by atoms with Crippen molar-refractivity contribution < 1.29 is 43.2 Å². The number of aliphatic hydroxyl groups is 1. The monoisotopic (exact) mass is 479 g/mol. The molecule has 0 saturated carbocycles. The van der Waals surface area contributed by atoms with Crippen LogP contribution < -0.4 is 5.32 Å². The second-order valence-corrected chi connectivity index (χ2v) is 9.45. The standard InChI is InChI=1S/C22H26NO9P/c1-30-19(24)16-10-6-7-11-17(16)21(26)33(28,29)13-12-18(20(25)31-2)23-22(27)32-14-15-8-4-3-5-9-15/h3-11,18,21,26H,12-14H2,1-2H3,(H,23,27)(H,28,29)/t18-,21?/m0/s1. The normalized spacial score (nSPS) is 14.3. The molecular formula is C22H26NO9P. The number of ether oxygens (including phenoxy) is 3. The Hall–Kier alpha value is -3.20. The van der Waals surface area contributed by atoms with Crippen LogP contribution in [0.1, 0.15) is 33.8 Å². The fourth-order valence-corrected chi connectivity index (χ4v) is 4.50. The van der Waals surface area contributed by atoms with Crippen molar-refractivity contribution in [1.82, 2.24) is 5.32 Å². The van der Waals surface area contributed by atoms with Gasteiger partial charge in [0.2, 0.25) is 7.37 Å². The van der Waals surface area contributed by atoms with E-state index in [1.54, 1.807) is 24.3 Å². The number of hydrogen-bond donors (Lipinski definition) is 3. The second-order valence-electron chi connectivity index (χ2n) is 7.00. The molecule has 2 unspecified atom stereocenters. The van der Waals surface area contributed by atoms with Crippen LogP contribution in [0.3, 0.4) is 0 Å². The van der Waals surface area contributed by atoms with E-state index in [1.165, 1.54) is 24.3 Å². The van der Waals surface area contributed by atoms with Crippen LogP contribution in [-0.2, 0) is 30.2 Å². The molecule has 2 rings (SSSR count). The fraction of sp³-hybridized carbons (Fsp3) is 0.318. The summed E-state index contributed by atoms with van der Waals surface area (Å²) in [7, 11) is -2.10. The van der Waals surface area contributed by atoms with Gasteiger partial charge in [0.15, 0.2) is 5.85 Å². The van der Waals surface area contributed by atoms with Crippen LogP contribution in [0.15, 0.2) is 54.6 Å². The third kappa shape index (κ3) is 7.42. The van der Waals surface area contributed by atoms with Crippen molar-refractivity contribution in [2.45, 2.75) is 24.9 Å². The van der Waals surface area contributed by atoms with Crippen molar-refractivity contribution in [2.75, 3.05) is 20.4 Å². The molecule has 178 valence electrons. The van der Waals surface area contributed by atoms with Gasteiger partial charge >= 0.3 is 18.0 Å². The summed E-state index contributed by atoms with van der Waals surface area (Å²) < 4.78 is 27.2. The minimum atomic E-state index is -4.35. The van der Waals surface area contributed by atoms with Gasteiger partial charge in [0.1, 0.15) is 12.6 Å². The first-order valence-electron chi connectivity index (χ1n) is 9.91. The molecule has 3 atom stereocenters. The van der Waals surface area contributed by atoms with Gasteiger partial charge in [-0.3, -0.25) is 4.57 Å². The van der Waals surface area contributed by atoms with Crippen molar-refractivity contribution >= 4 is 25.4 Å². The third-order valence-electron chi connectivity index (χ3n) is 4.76. The first-order valence-corrected chi connectivity index (χ1v) is 11.8. The molecule has 0 spiro atoms. The van der Waals surface area contributed by atoms with Gasteiger partial charge in [-0.25, -0.2) is 14.4 Å². The number of hydrogen-bond acceptors (Lipinski definition) is 8. The molecule has 3 N–H and O–H groups in total. The zero-order chi connectivity index (χ0) is 24.4. The predicted octanol–water partition coefficient (Wildman–Crippen LogP) is 2.59. The molecular weight excluding hydrogens is 453 g/mol. The Bertz CT molecular complexity index is 1010. The van der Waals surface area contributed by atoms with Crippen molar-refractivity contribution in [3.63, 3.8) is 0 Å². The zero-order valence-corrected chi connectivity index (χ0v) is 19.1. The van der Waals surface area contributed by atoms with Crippen LogP contribution in [0.4, 0.5) is 4.79 Å². The lowest BCUT2D eigenvalue weighted by Crippen LogP contribution is -2.42. The summed E-state index contributed by atoms with van der Waals surface area (Å²) >= 11 is 0. The first kappa shape index (κ1) is 26.1. The van der Waals surface area contributed by atoms with Crippen LogP contribution in [-0.4, -0.2) is 54.5 Å². The molecule has 0 bridgehead atoms. The van der Waals surface area contributed by atoms with Gasteiger partial charge < -0.3 is 29.5 Å². The lowest BCUT2D eigenvalue weighted by Gasteiger charge is -2.22. The molecule has 11 heteroatoms. The Balaban J connectivity index is 2.05. The summed E-state index contributed by atoms with van der Waals surface area (Å²) in [6, 6.07) is 13.3. The van der Waals surface area contributed by atoms with Crippen LogP contribution >= 0.6 is 7.37 Å². The summed E-state index contributed by atoms with van der Waals surface area (Å²) in [6.45, 7) is -0.0396. The topological polar surface area (TPSA) is 148 Å². The number of alkyl carbamates (subject to hydrolysis) is 1. The van der Waals surface area contributed by atoms with E-state index in [0.717, 1.165) is 19.8 Å². The number of benzene rings is 2. The molecule has 2 aromatic rings. The Morgan fingerprint density at radius 1 is 1.00 bits per heavy atom. The van der Waals surface area contributed by atoms with Gasteiger partial charge in [-0.1, -0.05) is 48.5 Å². The summed E-state index contributed by atoms with van der Waals surface area (Å²) in [6.07, 6.45) is -1.79. The van der Waals surface area contributed by atoms with Crippen molar-refractivity contribution in [3.05, 3.63) is 71.3 Å². The number of amides is 1. The van der Waals surface area contributed by atoms with Crippen LogP contribution in [0.2, 0.25) is 0 Å². The highest BCUT2D eigenvalue weighted by molar-refractivity contribution is 7.58. The van der Waals surface area contributed by atoms with Gasteiger partial charge in [-0.2, -0.15) is 0 Å². The van der Waals surface area contributed by atoms with Gasteiger partial charge in [0, 0.05) is 11.7 Å². The number of nitrogens with one attached hydrogen (secondary N) is 1. The Kier molecular flexibility index (Phi) is 9.59. The zero-order valence-electron chi connectivity index (χ0n) is 18.2. The molecule has 0 radical (unpaired) electrons. The molecule has 33 heavy (non-hydrogen) atoms. The van der Waals surface area contributed by atoms with Crippen LogP contribution in [0.5, 0.6) is 0 Å². The lowest BCUT2D eigenvalue weighted by atomic mass is 10.1. The van der Waals surface area contributed by atoms with E-state index in [9.17, 15) is 28.9 Å². The number of methoxy groups -OCH3 is 2. The average Bonchev–Trinajstić information content (AvgIpc) is 2.84. The summed E-state index contributed by atoms with van der Waals surface area (Å²) in [5.41, 5.74) is 0.587. The minimum Gasteiger partial charge on any atom is -0.467 e. The maximum absolute atomic E-state index is 12.8. The second kappa shape index (κ2) is 12.2. The molecule has 0 saturated heterocycles. The van der Waals surface area contributed by atoms with Crippen LogP contribution in [0.25, 0.3) is 0 Å². The summed E-state index contributed by atoms with van der Waals surface area (Å²) in [5.74, 6) is -3.54. The van der Waals surface area contributed by atoms with Crippen molar-refractivity contribution in [1.29, 1.82) is 0 Å². The van der Waals surface area contributed by atoms with Gasteiger partial charge in [-0.15, -0.1) is 0 Å². The number of esters is 2. The molecule has 1 amide bonds. The SMILES string of the molecule is COC(=O)c1ccccc1C(O)P(=O)(O)CC[C@H](NC(=O)OCc1ccccc1)C(=O)OC. The van der Waals surface area contributed by atoms with E-state index in [2.05, 4.69) is 14.8 Å². The van der Waals surface area contributed by atoms with Crippen LogP contribution in [0, 0.1) is 0 Å². The number of rotatable bonds is 10. The predicted molar refractivity (Wildman–Crippen MR) is 118 cm³/mol. The molecule has 10 nitrogen and oxygen atoms in total. The minimum absolute atomic E-state index is 0.0396. The maximum atomic E-state index is 12.8. The molecule has 2 aromatic carbocycles. The van der Waals surface area contributed by atoms with E-state index >= 15 is 0 Å². The summed E-state index contributed by atoms with van der Waals surface area (Å²) in [5, 5.41) is 12.8. The van der Waals surface area contributed by atoms with E-state index < -0.39 is 43.4 Å². The van der Waals surface area contributed by atoms with Gasteiger partial charge in [0.25, 0.3) is 0 Å². The molecule has 0 aromatic heterocycles. The first-order chi connectivity index (χ1) is 15.7. The molecule has 0 fully saturated rings. The summed E-state index contributed by atoms with van der Waals surface area (Å²) in [4.78, 5) is 46.6. The maximum Gasteiger partial charge on any atom is 0.408 e. The smallest absolute Gasteiger partial charge is 0.408 e. The Morgan fingerprint density at radius 3 is 2.27 bits per heavy atom. The number of carbonyl (C=O) groups is 3.